The predicted octanol–water partition coefficient (Wildman–Crippen LogP) is 3.21. The standard InChI is InChI=1S/C21H22FN3O2S/c1-24-20(27)18(14-19(26)23-17-11-9-16(22)10-12-17)25(21(24)28)13-5-8-15-6-3-2-4-7-15/h2-4,6-7,9-12,18H,5,8,13-14H2,1H3,(H,23,26)/t18-/m1/s1. The summed E-state index contributed by atoms with van der Waals surface area (Å²) in [6.07, 6.45) is 1.68. The third kappa shape index (κ3) is 4.72. The Balaban J connectivity index is 1.61. The SMILES string of the molecule is CN1C(=O)[C@@H](CC(=O)Nc2ccc(F)cc2)N(CCCc2ccccc2)C1=S. The van der Waals surface area contributed by atoms with Crippen molar-refractivity contribution in [2.24, 2.45) is 0 Å². The first kappa shape index (κ1) is 19.9. The van der Waals surface area contributed by atoms with Gasteiger partial charge in [0.25, 0.3) is 5.91 Å². The van der Waals surface area contributed by atoms with E-state index >= 15 is 0 Å². The first-order valence-corrected chi connectivity index (χ1v) is 9.54. The van der Waals surface area contributed by atoms with Crippen molar-refractivity contribution in [3.05, 3.63) is 66.0 Å². The molecule has 28 heavy (non-hydrogen) atoms. The summed E-state index contributed by atoms with van der Waals surface area (Å²) in [5.41, 5.74) is 1.71. The predicted molar refractivity (Wildman–Crippen MR) is 110 cm³/mol. The van der Waals surface area contributed by atoms with Crippen LogP contribution in [0.1, 0.15) is 18.4 Å². The van der Waals surface area contributed by atoms with Gasteiger partial charge in [0.05, 0.1) is 6.42 Å². The third-order valence-corrected chi connectivity index (χ3v) is 5.25. The fraction of sp³-hybridized carbons (Fsp3) is 0.286. The zero-order chi connectivity index (χ0) is 20.1. The molecule has 0 saturated carbocycles. The number of carbonyl (C=O) groups is 2. The van der Waals surface area contributed by atoms with E-state index in [9.17, 15) is 14.0 Å². The van der Waals surface area contributed by atoms with E-state index in [0.29, 0.717) is 17.3 Å². The second kappa shape index (κ2) is 8.93. The molecule has 1 atom stereocenters. The number of hydrogen-bond donors (Lipinski definition) is 1. The van der Waals surface area contributed by atoms with Crippen LogP contribution in [0.5, 0.6) is 0 Å². The van der Waals surface area contributed by atoms with Gasteiger partial charge in [0.2, 0.25) is 5.91 Å². The van der Waals surface area contributed by atoms with Crippen LogP contribution in [0.4, 0.5) is 10.1 Å². The Hall–Kier alpha value is -2.80. The normalized spacial score (nSPS) is 16.6. The summed E-state index contributed by atoms with van der Waals surface area (Å²) in [5.74, 6) is -0.865. The van der Waals surface area contributed by atoms with Gasteiger partial charge >= 0.3 is 0 Å². The van der Waals surface area contributed by atoms with Crippen LogP contribution >= 0.6 is 12.2 Å². The van der Waals surface area contributed by atoms with E-state index in [1.165, 1.54) is 34.7 Å². The van der Waals surface area contributed by atoms with Gasteiger partial charge in [-0.2, -0.15) is 0 Å². The number of rotatable bonds is 7. The van der Waals surface area contributed by atoms with Crippen LogP contribution in [-0.2, 0) is 16.0 Å². The van der Waals surface area contributed by atoms with Crippen molar-refractivity contribution in [1.82, 2.24) is 9.80 Å². The maximum absolute atomic E-state index is 13.0. The first-order valence-electron chi connectivity index (χ1n) is 9.13. The highest BCUT2D eigenvalue weighted by Crippen LogP contribution is 2.21. The summed E-state index contributed by atoms with van der Waals surface area (Å²) in [6.45, 7) is 0.596. The molecular weight excluding hydrogens is 377 g/mol. The molecule has 1 fully saturated rings. The summed E-state index contributed by atoms with van der Waals surface area (Å²) in [7, 11) is 1.63. The number of carbonyl (C=O) groups excluding carboxylic acids is 2. The lowest BCUT2D eigenvalue weighted by atomic mass is 10.1. The molecular formula is C21H22FN3O2S. The number of thiocarbonyl (C=S) groups is 1. The van der Waals surface area contributed by atoms with Gasteiger partial charge in [0, 0.05) is 19.3 Å². The van der Waals surface area contributed by atoms with Gasteiger partial charge in [-0.15, -0.1) is 0 Å². The molecule has 1 saturated heterocycles. The Bertz CT molecular complexity index is 858. The van der Waals surface area contributed by atoms with Crippen LogP contribution in [0, 0.1) is 5.82 Å². The fourth-order valence-electron chi connectivity index (χ4n) is 3.25. The van der Waals surface area contributed by atoms with E-state index in [1.54, 1.807) is 7.05 Å². The molecule has 146 valence electrons. The number of amides is 2. The lowest BCUT2D eigenvalue weighted by Crippen LogP contribution is -2.38. The van der Waals surface area contributed by atoms with E-state index in [2.05, 4.69) is 17.4 Å². The Morgan fingerprint density at radius 1 is 1.14 bits per heavy atom. The summed E-state index contributed by atoms with van der Waals surface area (Å²) >= 11 is 5.40. The molecule has 0 radical (unpaired) electrons. The van der Waals surface area contributed by atoms with Gasteiger partial charge in [-0.05, 0) is 54.9 Å². The summed E-state index contributed by atoms with van der Waals surface area (Å²) in [6, 6.07) is 15.0. The van der Waals surface area contributed by atoms with Crippen molar-refractivity contribution in [3.63, 3.8) is 0 Å². The molecule has 0 spiro atoms. The Labute approximate surface area is 169 Å². The number of nitrogens with zero attached hydrogens (tertiary/aromatic N) is 2. The Morgan fingerprint density at radius 3 is 2.50 bits per heavy atom. The molecule has 2 amide bonds. The number of aryl methyl sites for hydroxylation is 1. The Morgan fingerprint density at radius 2 is 1.82 bits per heavy atom. The van der Waals surface area contributed by atoms with Crippen LogP contribution in [0.3, 0.4) is 0 Å². The van der Waals surface area contributed by atoms with E-state index < -0.39 is 6.04 Å². The van der Waals surface area contributed by atoms with E-state index in [1.807, 2.05) is 23.1 Å². The lowest BCUT2D eigenvalue weighted by Gasteiger charge is -2.23. The molecule has 0 aromatic heterocycles. The summed E-state index contributed by atoms with van der Waals surface area (Å²) in [4.78, 5) is 28.2. The highest BCUT2D eigenvalue weighted by atomic mass is 32.1. The molecule has 2 aromatic rings. The molecule has 1 aliphatic heterocycles. The average Bonchev–Trinajstić information content (AvgIpc) is 2.89. The van der Waals surface area contributed by atoms with Crippen molar-refractivity contribution < 1.29 is 14.0 Å². The van der Waals surface area contributed by atoms with Crippen molar-refractivity contribution >= 4 is 34.8 Å². The fourth-order valence-corrected chi connectivity index (χ4v) is 3.55. The highest BCUT2D eigenvalue weighted by molar-refractivity contribution is 7.80. The zero-order valence-electron chi connectivity index (χ0n) is 15.6. The van der Waals surface area contributed by atoms with Gasteiger partial charge in [-0.1, -0.05) is 30.3 Å². The second-order valence-corrected chi connectivity index (χ2v) is 7.10. The van der Waals surface area contributed by atoms with Crippen LogP contribution in [0.25, 0.3) is 0 Å². The van der Waals surface area contributed by atoms with Crippen LogP contribution in [-0.4, -0.2) is 46.4 Å². The van der Waals surface area contributed by atoms with Gasteiger partial charge < -0.3 is 10.2 Å². The maximum atomic E-state index is 13.0. The summed E-state index contributed by atoms with van der Waals surface area (Å²) in [5, 5.41) is 3.14. The van der Waals surface area contributed by atoms with Crippen LogP contribution in [0.15, 0.2) is 54.6 Å². The minimum Gasteiger partial charge on any atom is -0.336 e. The van der Waals surface area contributed by atoms with Crippen molar-refractivity contribution in [3.8, 4) is 0 Å². The molecule has 0 unspecified atom stereocenters. The van der Waals surface area contributed by atoms with Crippen molar-refractivity contribution in [2.45, 2.75) is 25.3 Å². The summed E-state index contributed by atoms with van der Waals surface area (Å²) < 4.78 is 13.0. The van der Waals surface area contributed by atoms with Gasteiger partial charge in [-0.25, -0.2) is 4.39 Å². The molecule has 1 aliphatic rings. The third-order valence-electron chi connectivity index (χ3n) is 4.74. The minimum absolute atomic E-state index is 0.00791. The first-order chi connectivity index (χ1) is 13.5. The second-order valence-electron chi connectivity index (χ2n) is 6.74. The molecule has 5 nitrogen and oxygen atoms in total. The topological polar surface area (TPSA) is 52.7 Å². The maximum Gasteiger partial charge on any atom is 0.251 e. The monoisotopic (exact) mass is 399 g/mol. The van der Waals surface area contributed by atoms with E-state index in [4.69, 9.17) is 12.2 Å². The Kier molecular flexibility index (Phi) is 6.36. The molecule has 0 bridgehead atoms. The number of benzene rings is 2. The number of anilines is 1. The van der Waals surface area contributed by atoms with Crippen LogP contribution in [0.2, 0.25) is 0 Å². The largest absolute Gasteiger partial charge is 0.336 e. The number of hydrogen-bond acceptors (Lipinski definition) is 3. The molecule has 0 aliphatic carbocycles. The number of halogens is 1. The average molecular weight is 399 g/mol. The molecule has 3 rings (SSSR count). The van der Waals surface area contributed by atoms with Crippen molar-refractivity contribution in [2.75, 3.05) is 18.9 Å². The van der Waals surface area contributed by atoms with E-state index in [0.717, 1.165) is 12.8 Å². The molecule has 1 N–H and O–H groups in total. The molecule has 1 heterocycles. The van der Waals surface area contributed by atoms with Gasteiger partial charge in [0.15, 0.2) is 5.11 Å². The smallest absolute Gasteiger partial charge is 0.251 e. The van der Waals surface area contributed by atoms with Crippen molar-refractivity contribution in [1.29, 1.82) is 0 Å². The minimum atomic E-state index is -0.617. The molecule has 2 aromatic carbocycles. The zero-order valence-corrected chi connectivity index (χ0v) is 16.4. The highest BCUT2D eigenvalue weighted by Gasteiger charge is 2.41. The number of likely N-dealkylation sites (N-methyl/N-ethyl adjacent to an activating group) is 1. The van der Waals surface area contributed by atoms with E-state index in [-0.39, 0.29) is 24.1 Å². The quantitative estimate of drug-likeness (QED) is 0.727. The van der Waals surface area contributed by atoms with Gasteiger partial charge in [0.1, 0.15) is 11.9 Å². The lowest BCUT2D eigenvalue weighted by molar-refractivity contribution is -0.130. The van der Waals surface area contributed by atoms with Crippen LogP contribution < -0.4 is 5.32 Å². The number of nitrogens with one attached hydrogen (secondary N) is 1. The van der Waals surface area contributed by atoms with Gasteiger partial charge in [-0.3, -0.25) is 14.5 Å². The molecule has 7 heteroatoms.